The van der Waals surface area contributed by atoms with Crippen molar-refractivity contribution in [3.8, 4) is 5.75 Å². The zero-order valence-electron chi connectivity index (χ0n) is 20.8. The normalized spacial score (nSPS) is 18.9. The van der Waals surface area contributed by atoms with Crippen LogP contribution in [0.4, 0.5) is 10.5 Å². The number of phenols is 1. The number of benzene rings is 1. The summed E-state index contributed by atoms with van der Waals surface area (Å²) in [5, 5.41) is 19.4. The molecule has 1 aliphatic carbocycles. The molecule has 0 fully saturated rings. The maximum atomic E-state index is 13.5. The monoisotopic (exact) mass is 495 g/mol. The molecule has 0 saturated carbocycles. The molecule has 0 saturated heterocycles. The fourth-order valence-electron chi connectivity index (χ4n) is 4.75. The molecule has 37 heavy (non-hydrogen) atoms. The smallest absolute Gasteiger partial charge is 0.342 e. The number of aromatic hydroxyl groups is 1. The Hall–Kier alpha value is -4.46. The second-order valence-corrected chi connectivity index (χ2v) is 9.51. The first-order valence-electron chi connectivity index (χ1n) is 12.3. The largest absolute Gasteiger partial charge is 0.508 e. The number of anilines is 1. The van der Waals surface area contributed by atoms with Crippen LogP contribution in [-0.4, -0.2) is 31.4 Å². The van der Waals surface area contributed by atoms with Crippen molar-refractivity contribution in [3.05, 3.63) is 112 Å². The summed E-state index contributed by atoms with van der Waals surface area (Å²) in [6.45, 7) is 4.33. The minimum absolute atomic E-state index is 0.0807. The van der Waals surface area contributed by atoms with Crippen LogP contribution in [0.3, 0.4) is 0 Å². The molecule has 188 valence electrons. The van der Waals surface area contributed by atoms with E-state index in [4.69, 9.17) is 0 Å². The van der Waals surface area contributed by atoms with Crippen molar-refractivity contribution in [2.75, 3.05) is 5.32 Å². The maximum Gasteiger partial charge on any atom is 0.342 e. The van der Waals surface area contributed by atoms with E-state index >= 15 is 0 Å². The Kier molecular flexibility index (Phi) is 6.72. The number of nitrogens with zero attached hydrogens (tertiary/aromatic N) is 4. The molecule has 3 heterocycles. The quantitative estimate of drug-likeness (QED) is 0.510. The number of carbonyl (C=O) groups excluding carboxylic acids is 1. The van der Waals surface area contributed by atoms with Crippen LogP contribution in [0.15, 0.2) is 94.8 Å². The first-order valence-corrected chi connectivity index (χ1v) is 12.3. The second-order valence-electron chi connectivity index (χ2n) is 9.51. The summed E-state index contributed by atoms with van der Waals surface area (Å²) in [5.41, 5.74) is 4.31. The number of allylic oxidation sites excluding steroid dienone is 4. The molecular formula is C29H29N5O3. The molecule has 1 aromatic carbocycles. The van der Waals surface area contributed by atoms with Gasteiger partial charge in [-0.15, -0.1) is 0 Å². The average molecular weight is 496 g/mol. The van der Waals surface area contributed by atoms with Crippen LogP contribution in [0, 0.1) is 12.8 Å². The van der Waals surface area contributed by atoms with E-state index < -0.39 is 12.1 Å². The van der Waals surface area contributed by atoms with Crippen molar-refractivity contribution in [3.63, 3.8) is 0 Å². The number of hydrogen-bond acceptors (Lipinski definition) is 5. The number of carbonyl (C=O) groups is 1. The minimum atomic E-state index is -0.495. The summed E-state index contributed by atoms with van der Waals surface area (Å²) >= 11 is 0. The van der Waals surface area contributed by atoms with Crippen molar-refractivity contribution < 1.29 is 9.90 Å². The van der Waals surface area contributed by atoms with E-state index in [1.54, 1.807) is 54.3 Å². The van der Waals surface area contributed by atoms with Crippen molar-refractivity contribution >= 4 is 17.4 Å². The molecule has 8 nitrogen and oxygen atoms in total. The highest BCUT2D eigenvalue weighted by Gasteiger charge is 2.35. The van der Waals surface area contributed by atoms with Gasteiger partial charge in [0.25, 0.3) is 5.56 Å². The Morgan fingerprint density at radius 2 is 2.03 bits per heavy atom. The summed E-state index contributed by atoms with van der Waals surface area (Å²) in [4.78, 5) is 30.5. The summed E-state index contributed by atoms with van der Waals surface area (Å²) in [5.74, 6) is 0.310. The molecule has 2 N–H and O–H groups in total. The van der Waals surface area contributed by atoms with Gasteiger partial charge in [-0.05, 0) is 44.4 Å². The molecule has 5 rings (SSSR count). The molecule has 1 aliphatic heterocycles. The molecule has 2 unspecified atom stereocenters. The fourth-order valence-corrected chi connectivity index (χ4v) is 4.75. The summed E-state index contributed by atoms with van der Waals surface area (Å²) < 4.78 is 1.66. The number of nitrogens with one attached hydrogen (secondary N) is 1. The van der Waals surface area contributed by atoms with Gasteiger partial charge >= 0.3 is 6.03 Å². The fraction of sp³-hybridized carbons (Fsp3) is 0.241. The highest BCUT2D eigenvalue weighted by molar-refractivity contribution is 6.04. The lowest BCUT2D eigenvalue weighted by molar-refractivity contribution is 0.199. The lowest BCUT2D eigenvalue weighted by atomic mass is 9.97. The number of aryl methyl sites for hydroxylation is 1. The van der Waals surface area contributed by atoms with Crippen molar-refractivity contribution in [1.29, 1.82) is 0 Å². The number of rotatable bonds is 5. The van der Waals surface area contributed by atoms with Gasteiger partial charge in [0.2, 0.25) is 0 Å². The van der Waals surface area contributed by atoms with Crippen molar-refractivity contribution in [2.45, 2.75) is 39.3 Å². The molecule has 0 radical (unpaired) electrons. The summed E-state index contributed by atoms with van der Waals surface area (Å²) in [7, 11) is 0. The van der Waals surface area contributed by atoms with Gasteiger partial charge in [-0.25, -0.2) is 9.80 Å². The Labute approximate surface area is 215 Å². The molecule has 2 atom stereocenters. The Morgan fingerprint density at radius 3 is 2.76 bits per heavy atom. The number of hydrazone groups is 1. The van der Waals surface area contributed by atoms with E-state index in [-0.39, 0.29) is 17.2 Å². The van der Waals surface area contributed by atoms with Crippen LogP contribution < -0.4 is 10.9 Å². The van der Waals surface area contributed by atoms with Gasteiger partial charge < -0.3 is 15.0 Å². The van der Waals surface area contributed by atoms with Crippen molar-refractivity contribution in [2.24, 2.45) is 11.0 Å². The molecule has 8 heteroatoms. The molecular weight excluding hydrogens is 466 g/mol. The van der Waals surface area contributed by atoms with E-state index in [2.05, 4.69) is 40.6 Å². The van der Waals surface area contributed by atoms with E-state index in [0.717, 1.165) is 12.0 Å². The summed E-state index contributed by atoms with van der Waals surface area (Å²) in [6.07, 6.45) is 12.7. The SMILES string of the molecule is CC1=CCC(Cn2cc(NC(=O)N3N=C(c4cccnc4)CC3c3ccccc3O)cc(C)c2=O)C=C1. The third-order valence-corrected chi connectivity index (χ3v) is 6.73. The Bertz CT molecular complexity index is 1470. The number of pyridine rings is 2. The second kappa shape index (κ2) is 10.3. The van der Waals surface area contributed by atoms with E-state index in [9.17, 15) is 14.7 Å². The first-order chi connectivity index (χ1) is 17.9. The number of para-hydroxylation sites is 1. The standard InChI is InChI=1S/C29H29N5O3/c1-19-9-11-21(12-10-19)17-33-18-23(14-20(2)28(33)36)31-29(37)34-26(24-7-3-4-8-27(24)35)15-25(32-34)22-6-5-13-30-16-22/h3-11,13-14,16,18,21,26,35H,12,15,17H2,1-2H3,(H,31,37). The van der Waals surface area contributed by atoms with E-state index in [1.165, 1.54) is 10.6 Å². The average Bonchev–Trinajstić information content (AvgIpc) is 3.34. The zero-order valence-corrected chi connectivity index (χ0v) is 20.8. The van der Waals surface area contributed by atoms with Crippen LogP contribution >= 0.6 is 0 Å². The summed E-state index contributed by atoms with van der Waals surface area (Å²) in [6, 6.07) is 11.4. The minimum Gasteiger partial charge on any atom is -0.508 e. The van der Waals surface area contributed by atoms with E-state index in [0.29, 0.717) is 35.5 Å². The first kappa shape index (κ1) is 24.2. The van der Waals surface area contributed by atoms with Gasteiger partial charge in [0, 0.05) is 48.2 Å². The number of aromatic nitrogens is 2. The van der Waals surface area contributed by atoms with Crippen LogP contribution in [0.5, 0.6) is 5.75 Å². The van der Waals surface area contributed by atoms with Gasteiger partial charge in [-0.2, -0.15) is 5.10 Å². The number of phenolic OH excluding ortho intramolecular Hbond substituents is 1. The van der Waals surface area contributed by atoms with Crippen LogP contribution in [-0.2, 0) is 6.54 Å². The highest BCUT2D eigenvalue weighted by atomic mass is 16.3. The highest BCUT2D eigenvalue weighted by Crippen LogP contribution is 2.37. The lowest BCUT2D eigenvalue weighted by Gasteiger charge is -2.23. The topological polar surface area (TPSA) is 99.8 Å². The zero-order chi connectivity index (χ0) is 25.9. The Balaban J connectivity index is 1.42. The Morgan fingerprint density at radius 1 is 1.19 bits per heavy atom. The molecule has 0 spiro atoms. The predicted molar refractivity (Wildman–Crippen MR) is 144 cm³/mol. The van der Waals surface area contributed by atoms with Gasteiger partial charge in [-0.3, -0.25) is 9.78 Å². The van der Waals surface area contributed by atoms with Crippen LogP contribution in [0.25, 0.3) is 0 Å². The maximum absolute atomic E-state index is 13.5. The van der Waals surface area contributed by atoms with E-state index in [1.807, 2.05) is 18.2 Å². The number of urea groups is 1. The molecule has 2 aromatic heterocycles. The van der Waals surface area contributed by atoms with Crippen LogP contribution in [0.1, 0.15) is 42.5 Å². The lowest BCUT2D eigenvalue weighted by Crippen LogP contribution is -2.32. The third kappa shape index (κ3) is 5.23. The molecule has 3 aromatic rings. The van der Waals surface area contributed by atoms with Crippen LogP contribution in [0.2, 0.25) is 0 Å². The predicted octanol–water partition coefficient (Wildman–Crippen LogP) is 5.16. The molecule has 2 aliphatic rings. The van der Waals surface area contributed by atoms with Gasteiger partial charge in [-0.1, -0.05) is 48.1 Å². The number of amides is 2. The number of hydrogen-bond donors (Lipinski definition) is 2. The molecule has 2 amide bonds. The third-order valence-electron chi connectivity index (χ3n) is 6.73. The van der Waals surface area contributed by atoms with Gasteiger partial charge in [0.15, 0.2) is 0 Å². The van der Waals surface area contributed by atoms with Gasteiger partial charge in [0.05, 0.1) is 17.4 Å². The van der Waals surface area contributed by atoms with Crippen molar-refractivity contribution in [1.82, 2.24) is 14.6 Å². The van der Waals surface area contributed by atoms with Gasteiger partial charge in [0.1, 0.15) is 5.75 Å². The molecule has 0 bridgehead atoms.